The largest absolute Gasteiger partial charge is 0.0888 e. The van der Waals surface area contributed by atoms with Crippen molar-refractivity contribution in [2.24, 2.45) is 17.8 Å². The highest BCUT2D eigenvalue weighted by Gasteiger charge is 2.30. The van der Waals surface area contributed by atoms with Gasteiger partial charge in [0.05, 0.1) is 0 Å². The standard InChI is InChI=1S/C19H29Br/c1-13(2)16-7-5-15(6-8-16)11-18-12-17(14(3)4)9-10-19(18)20/h5-8,13-14,17-19H,9-12H2,1-4H3. The van der Waals surface area contributed by atoms with Gasteiger partial charge in [-0.3, -0.25) is 0 Å². The molecule has 0 heterocycles. The second kappa shape index (κ2) is 7.11. The minimum absolute atomic E-state index is 0.632. The first-order valence-corrected chi connectivity index (χ1v) is 9.11. The van der Waals surface area contributed by atoms with E-state index >= 15 is 0 Å². The van der Waals surface area contributed by atoms with Crippen LogP contribution in [0.3, 0.4) is 0 Å². The van der Waals surface area contributed by atoms with E-state index in [-0.39, 0.29) is 0 Å². The molecule has 112 valence electrons. The Labute approximate surface area is 133 Å². The van der Waals surface area contributed by atoms with Crippen molar-refractivity contribution in [3.8, 4) is 0 Å². The Balaban J connectivity index is 2.00. The van der Waals surface area contributed by atoms with Crippen LogP contribution in [0.2, 0.25) is 0 Å². The van der Waals surface area contributed by atoms with E-state index in [2.05, 4.69) is 67.9 Å². The van der Waals surface area contributed by atoms with Crippen LogP contribution in [0.4, 0.5) is 0 Å². The Bertz CT molecular complexity index is 404. The maximum Gasteiger partial charge on any atom is 0.0177 e. The molecule has 0 saturated heterocycles. The number of rotatable bonds is 4. The van der Waals surface area contributed by atoms with Crippen LogP contribution >= 0.6 is 15.9 Å². The molecule has 1 aliphatic carbocycles. The molecule has 2 rings (SSSR count). The molecule has 1 aromatic carbocycles. The summed E-state index contributed by atoms with van der Waals surface area (Å²) in [5.74, 6) is 3.19. The van der Waals surface area contributed by atoms with Crippen LogP contribution in [-0.2, 0) is 6.42 Å². The molecule has 0 aliphatic heterocycles. The number of alkyl halides is 1. The fourth-order valence-electron chi connectivity index (χ4n) is 3.42. The third kappa shape index (κ3) is 4.10. The Morgan fingerprint density at radius 3 is 2.25 bits per heavy atom. The quantitative estimate of drug-likeness (QED) is 0.575. The van der Waals surface area contributed by atoms with Gasteiger partial charge in [0, 0.05) is 4.83 Å². The van der Waals surface area contributed by atoms with E-state index < -0.39 is 0 Å². The van der Waals surface area contributed by atoms with Crippen LogP contribution in [-0.4, -0.2) is 4.83 Å². The molecule has 3 unspecified atom stereocenters. The first-order chi connectivity index (χ1) is 9.47. The molecule has 3 atom stereocenters. The number of hydrogen-bond acceptors (Lipinski definition) is 0. The third-order valence-corrected chi connectivity index (χ3v) is 6.22. The highest BCUT2D eigenvalue weighted by atomic mass is 79.9. The molecule has 1 aromatic rings. The average molecular weight is 337 g/mol. The molecule has 1 heteroatoms. The van der Waals surface area contributed by atoms with Crippen molar-refractivity contribution in [1.29, 1.82) is 0 Å². The lowest BCUT2D eigenvalue weighted by atomic mass is 9.74. The molecule has 0 N–H and O–H groups in total. The average Bonchev–Trinajstić information content (AvgIpc) is 2.41. The minimum atomic E-state index is 0.632. The predicted molar refractivity (Wildman–Crippen MR) is 92.6 cm³/mol. The Morgan fingerprint density at radius 2 is 1.70 bits per heavy atom. The first-order valence-electron chi connectivity index (χ1n) is 8.20. The van der Waals surface area contributed by atoms with Gasteiger partial charge in [0.1, 0.15) is 0 Å². The Kier molecular flexibility index (Phi) is 5.72. The molecule has 0 nitrogen and oxygen atoms in total. The molecule has 0 aromatic heterocycles. The van der Waals surface area contributed by atoms with E-state index in [4.69, 9.17) is 0 Å². The van der Waals surface area contributed by atoms with Gasteiger partial charge in [0.15, 0.2) is 0 Å². The van der Waals surface area contributed by atoms with Crippen LogP contribution in [0.1, 0.15) is 64.0 Å². The normalized spacial score (nSPS) is 27.2. The van der Waals surface area contributed by atoms with Crippen molar-refractivity contribution in [2.75, 3.05) is 0 Å². The van der Waals surface area contributed by atoms with Gasteiger partial charge in [0.25, 0.3) is 0 Å². The lowest BCUT2D eigenvalue weighted by Gasteiger charge is -2.35. The summed E-state index contributed by atoms with van der Waals surface area (Å²) in [5.41, 5.74) is 2.96. The van der Waals surface area contributed by atoms with E-state index in [1.165, 1.54) is 36.8 Å². The van der Waals surface area contributed by atoms with Crippen molar-refractivity contribution >= 4 is 15.9 Å². The second-order valence-corrected chi connectivity index (χ2v) is 8.37. The van der Waals surface area contributed by atoms with E-state index in [1.807, 2.05) is 0 Å². The fourth-order valence-corrected chi connectivity index (χ4v) is 4.09. The molecular weight excluding hydrogens is 308 g/mol. The fraction of sp³-hybridized carbons (Fsp3) is 0.684. The zero-order chi connectivity index (χ0) is 14.7. The van der Waals surface area contributed by atoms with Gasteiger partial charge in [-0.1, -0.05) is 67.9 Å². The molecule has 0 amide bonds. The summed E-state index contributed by atoms with van der Waals surface area (Å²) in [6, 6.07) is 9.31. The summed E-state index contributed by atoms with van der Waals surface area (Å²) in [7, 11) is 0. The molecule has 0 bridgehead atoms. The van der Waals surface area contributed by atoms with E-state index in [0.717, 1.165) is 17.8 Å². The summed E-state index contributed by atoms with van der Waals surface area (Å²) in [6.07, 6.45) is 5.37. The van der Waals surface area contributed by atoms with Crippen LogP contribution < -0.4 is 0 Å². The highest BCUT2D eigenvalue weighted by Crippen LogP contribution is 2.39. The minimum Gasteiger partial charge on any atom is -0.0888 e. The lowest BCUT2D eigenvalue weighted by Crippen LogP contribution is -2.29. The van der Waals surface area contributed by atoms with Gasteiger partial charge in [-0.2, -0.15) is 0 Å². The van der Waals surface area contributed by atoms with Gasteiger partial charge < -0.3 is 0 Å². The van der Waals surface area contributed by atoms with Gasteiger partial charge in [-0.15, -0.1) is 0 Å². The Morgan fingerprint density at radius 1 is 1.05 bits per heavy atom. The molecule has 20 heavy (non-hydrogen) atoms. The summed E-state index contributed by atoms with van der Waals surface area (Å²) in [4.78, 5) is 0.710. The highest BCUT2D eigenvalue weighted by molar-refractivity contribution is 9.09. The molecule has 0 spiro atoms. The molecule has 1 aliphatic rings. The van der Waals surface area contributed by atoms with Crippen molar-refractivity contribution in [3.63, 3.8) is 0 Å². The number of benzene rings is 1. The summed E-state index contributed by atoms with van der Waals surface area (Å²) in [6.45, 7) is 9.29. The smallest absolute Gasteiger partial charge is 0.0177 e. The van der Waals surface area contributed by atoms with Crippen LogP contribution in [0.5, 0.6) is 0 Å². The maximum absolute atomic E-state index is 3.93. The van der Waals surface area contributed by atoms with Crippen LogP contribution in [0.25, 0.3) is 0 Å². The van der Waals surface area contributed by atoms with Gasteiger partial charge in [0.2, 0.25) is 0 Å². The molecular formula is C19H29Br. The van der Waals surface area contributed by atoms with Crippen molar-refractivity contribution in [3.05, 3.63) is 35.4 Å². The van der Waals surface area contributed by atoms with Gasteiger partial charge in [-0.25, -0.2) is 0 Å². The monoisotopic (exact) mass is 336 g/mol. The summed E-state index contributed by atoms with van der Waals surface area (Å²) >= 11 is 3.93. The maximum atomic E-state index is 3.93. The van der Waals surface area contributed by atoms with Crippen molar-refractivity contribution in [1.82, 2.24) is 0 Å². The van der Waals surface area contributed by atoms with Crippen molar-refractivity contribution in [2.45, 2.75) is 64.1 Å². The van der Waals surface area contributed by atoms with Gasteiger partial charge >= 0.3 is 0 Å². The number of halogens is 1. The van der Waals surface area contributed by atoms with Crippen LogP contribution in [0, 0.1) is 17.8 Å². The van der Waals surface area contributed by atoms with E-state index in [9.17, 15) is 0 Å². The summed E-state index contributed by atoms with van der Waals surface area (Å²) < 4.78 is 0. The zero-order valence-electron chi connectivity index (χ0n) is 13.4. The molecule has 1 fully saturated rings. The molecule has 1 saturated carbocycles. The van der Waals surface area contributed by atoms with Gasteiger partial charge in [-0.05, 0) is 60.5 Å². The SMILES string of the molecule is CC(C)c1ccc(CC2CC(C(C)C)CCC2Br)cc1. The second-order valence-electron chi connectivity index (χ2n) is 7.19. The first kappa shape index (κ1) is 16.1. The number of hydrogen-bond donors (Lipinski definition) is 0. The third-order valence-electron chi connectivity index (χ3n) is 5.02. The van der Waals surface area contributed by atoms with Crippen molar-refractivity contribution < 1.29 is 0 Å². The Hall–Kier alpha value is -0.300. The predicted octanol–water partition coefficient (Wildman–Crippen LogP) is 6.19. The van der Waals surface area contributed by atoms with E-state index in [1.54, 1.807) is 0 Å². The summed E-state index contributed by atoms with van der Waals surface area (Å²) in [5, 5.41) is 0. The van der Waals surface area contributed by atoms with E-state index in [0.29, 0.717) is 10.7 Å². The van der Waals surface area contributed by atoms with Crippen LogP contribution in [0.15, 0.2) is 24.3 Å². The zero-order valence-corrected chi connectivity index (χ0v) is 15.0. The topological polar surface area (TPSA) is 0 Å². The molecule has 0 radical (unpaired) electrons. The lowest BCUT2D eigenvalue weighted by molar-refractivity contribution is 0.223.